The highest BCUT2D eigenvalue weighted by molar-refractivity contribution is 6.31. The molecule has 2 amide bonds. The molecule has 0 unspecified atom stereocenters. The van der Waals surface area contributed by atoms with E-state index in [1.165, 1.54) is 19.8 Å². The zero-order valence-electron chi connectivity index (χ0n) is 49.1. The van der Waals surface area contributed by atoms with Crippen molar-refractivity contribution in [1.29, 1.82) is 0 Å². The number of nitrogens with zero attached hydrogens (tertiary/aromatic N) is 7. The zero-order valence-corrected chi connectivity index (χ0v) is 50.6. The summed E-state index contributed by atoms with van der Waals surface area (Å²) in [6.07, 6.45) is 5.96. The van der Waals surface area contributed by atoms with Gasteiger partial charge in [0.25, 0.3) is 11.1 Å². The van der Waals surface area contributed by atoms with Gasteiger partial charge in [-0.05, 0) is 121 Å². The molecule has 4 aromatic heterocycles. The Hall–Kier alpha value is -8.36. The quantitative estimate of drug-likeness (QED) is 0.0680. The molecule has 448 valence electrons. The summed E-state index contributed by atoms with van der Waals surface area (Å²) >= 11 is 13.1. The molecule has 20 nitrogen and oxygen atoms in total. The second-order valence-electron chi connectivity index (χ2n) is 23.1. The fourth-order valence-corrected chi connectivity index (χ4v) is 11.2. The van der Waals surface area contributed by atoms with E-state index in [0.717, 1.165) is 53.1 Å². The van der Waals surface area contributed by atoms with E-state index in [2.05, 4.69) is 20.5 Å². The van der Waals surface area contributed by atoms with Gasteiger partial charge in [0.15, 0.2) is 11.6 Å². The van der Waals surface area contributed by atoms with Crippen molar-refractivity contribution in [3.63, 3.8) is 0 Å². The van der Waals surface area contributed by atoms with E-state index in [-0.39, 0.29) is 48.8 Å². The summed E-state index contributed by atoms with van der Waals surface area (Å²) < 4.78 is 25.8. The van der Waals surface area contributed by atoms with Crippen molar-refractivity contribution >= 4 is 80.8 Å². The van der Waals surface area contributed by atoms with E-state index in [9.17, 15) is 28.8 Å². The first-order valence-electron chi connectivity index (χ1n) is 28.6. The van der Waals surface area contributed by atoms with Gasteiger partial charge in [0, 0.05) is 72.3 Å². The number of hydrogen-bond donors (Lipinski definition) is 3. The summed E-state index contributed by atoms with van der Waals surface area (Å²) in [5, 5.41) is 18.8. The Kier molecular flexibility index (Phi) is 18.9. The number of halogens is 2. The molecule has 8 aromatic rings. The molecule has 0 saturated carbocycles. The van der Waals surface area contributed by atoms with E-state index < -0.39 is 40.9 Å². The van der Waals surface area contributed by atoms with Crippen LogP contribution >= 0.6 is 23.2 Å². The first-order chi connectivity index (χ1) is 40.6. The Bertz CT molecular complexity index is 3890. The maximum atomic E-state index is 14.7. The molecule has 2 atom stereocenters. The highest BCUT2D eigenvalue weighted by Crippen LogP contribution is 2.33. The second-order valence-corrected chi connectivity index (χ2v) is 23.9. The number of alkyl carbamates (subject to hydrolysis) is 2. The van der Waals surface area contributed by atoms with Crippen LogP contribution in [0.25, 0.3) is 21.8 Å². The van der Waals surface area contributed by atoms with Crippen molar-refractivity contribution in [2.75, 3.05) is 49.2 Å². The molecule has 0 spiro atoms. The minimum atomic E-state index is -0.634. The molecular weight excluding hydrogens is 1130 g/mol. The van der Waals surface area contributed by atoms with Crippen LogP contribution in [0.15, 0.2) is 113 Å². The van der Waals surface area contributed by atoms with Gasteiger partial charge >= 0.3 is 24.1 Å². The molecule has 22 heteroatoms. The molecule has 6 heterocycles. The van der Waals surface area contributed by atoms with Crippen LogP contribution in [0.2, 0.25) is 10.0 Å². The number of aromatic nitrogens is 6. The third-order valence-corrected chi connectivity index (χ3v) is 15.1. The minimum Gasteiger partial charge on any atom is -0.461 e. The normalized spacial score (nSPS) is 15.5. The van der Waals surface area contributed by atoms with Gasteiger partial charge in [0.05, 0.1) is 32.2 Å². The van der Waals surface area contributed by atoms with E-state index in [1.807, 2.05) is 131 Å². The molecule has 2 fully saturated rings. The van der Waals surface area contributed by atoms with Gasteiger partial charge in [0.1, 0.15) is 33.6 Å². The number of rotatable bonds is 14. The summed E-state index contributed by atoms with van der Waals surface area (Å²) in [6.45, 7) is 17.2. The van der Waals surface area contributed by atoms with Gasteiger partial charge in [0.2, 0.25) is 0 Å². The monoisotopic (exact) mass is 1200 g/mol. The number of amides is 2. The SMILES string of the molecule is CCOC(=O)c1cn2nc(N3CCC[C@@H](NC(=O)OC(C)(C)C)C3)c(Cc3ccccc3Cl)c2c(=O)[nH]1.CCOC(=O)c1cn2nc(N3CCC[C@@H](NC(=O)OC(C)(C)C)C3)c(Cc3ccccc3Cl)c2c(=O)n1Cc1cccc2ccccc12. The topological polar surface area (TPSA) is 225 Å². The molecule has 2 aliphatic heterocycles. The fourth-order valence-electron chi connectivity index (χ4n) is 10.8. The van der Waals surface area contributed by atoms with Crippen molar-refractivity contribution in [3.8, 4) is 0 Å². The van der Waals surface area contributed by atoms with Crippen LogP contribution in [0.4, 0.5) is 21.2 Å². The number of benzene rings is 4. The lowest BCUT2D eigenvalue weighted by Crippen LogP contribution is -2.49. The Morgan fingerprint density at radius 1 is 0.624 bits per heavy atom. The van der Waals surface area contributed by atoms with Gasteiger partial charge in [-0.15, -0.1) is 10.2 Å². The molecule has 2 saturated heterocycles. The zero-order chi connectivity index (χ0) is 60.7. The lowest BCUT2D eigenvalue weighted by molar-refractivity contribution is 0.0488. The standard InChI is InChI=1S/C37H40ClN5O5.C26H32ClN5O5/c1-5-47-35(45)31-23-43-32(34(44)42(31)21-26-15-10-14-24-12-6-8-17-28(24)26)29(20-25-13-7-9-18-30(25)38)33(40-43)41-19-11-16-27(22-41)39-36(46)48-37(2,3)4;1-5-36-24(34)20-15-32-21(23(33)29-20)18(13-16-9-6-7-11-19(16)27)22(30-32)31-12-8-10-17(14-31)28-25(35)37-26(2,3)4/h6-10,12-15,17-18,23,27H,5,11,16,19-22H2,1-4H3,(H,39,46);6-7,9,11,15,17H,5,8,10,12-14H2,1-4H3,(H,28,35)(H,29,33)/t27-;17-/m11/s1. The largest absolute Gasteiger partial charge is 0.461 e. The van der Waals surface area contributed by atoms with Crippen LogP contribution in [0, 0.1) is 0 Å². The first kappa shape index (κ1) is 61.2. The predicted octanol–water partition coefficient (Wildman–Crippen LogP) is 10.5. The maximum absolute atomic E-state index is 14.7. The van der Waals surface area contributed by atoms with Crippen LogP contribution in [0.3, 0.4) is 0 Å². The second kappa shape index (κ2) is 26.3. The van der Waals surface area contributed by atoms with E-state index >= 15 is 0 Å². The Labute approximate surface area is 502 Å². The minimum absolute atomic E-state index is 0.0146. The molecule has 0 radical (unpaired) electrons. The van der Waals surface area contributed by atoms with Crippen LogP contribution in [0.5, 0.6) is 0 Å². The molecule has 3 N–H and O–H groups in total. The lowest BCUT2D eigenvalue weighted by atomic mass is 10.0. The van der Waals surface area contributed by atoms with Crippen LogP contribution in [0.1, 0.15) is 130 Å². The van der Waals surface area contributed by atoms with E-state index in [4.69, 9.17) is 52.3 Å². The fraction of sp³-hybridized carbons (Fsp3) is 0.397. The summed E-state index contributed by atoms with van der Waals surface area (Å²) in [5.74, 6) is -0.0469. The Morgan fingerprint density at radius 3 is 1.65 bits per heavy atom. The number of carbonyl (C=O) groups is 4. The van der Waals surface area contributed by atoms with E-state index in [1.54, 1.807) is 26.1 Å². The van der Waals surface area contributed by atoms with Gasteiger partial charge in [-0.1, -0.05) is 102 Å². The third kappa shape index (κ3) is 14.8. The van der Waals surface area contributed by atoms with Crippen molar-refractivity contribution < 1.29 is 38.1 Å². The molecule has 85 heavy (non-hydrogen) atoms. The summed E-state index contributed by atoms with van der Waals surface area (Å²) in [7, 11) is 0. The highest BCUT2D eigenvalue weighted by Gasteiger charge is 2.32. The molecule has 10 rings (SSSR count). The molecule has 4 aromatic carbocycles. The molecule has 0 aliphatic carbocycles. The number of piperidine rings is 2. The third-order valence-electron chi connectivity index (χ3n) is 14.4. The van der Waals surface area contributed by atoms with Crippen molar-refractivity contribution in [2.45, 2.75) is 124 Å². The number of aromatic amines is 1. The summed E-state index contributed by atoms with van der Waals surface area (Å²) in [6, 6.07) is 28.5. The average molecular weight is 1200 g/mol. The maximum Gasteiger partial charge on any atom is 0.407 e. The van der Waals surface area contributed by atoms with Gasteiger partial charge < -0.3 is 44.4 Å². The van der Waals surface area contributed by atoms with Gasteiger partial charge in [-0.25, -0.2) is 28.2 Å². The van der Waals surface area contributed by atoms with Crippen molar-refractivity contribution in [1.82, 2.24) is 39.4 Å². The van der Waals surface area contributed by atoms with Crippen LogP contribution < -0.4 is 31.6 Å². The number of hydrogen-bond acceptors (Lipinski definition) is 14. The highest BCUT2D eigenvalue weighted by atomic mass is 35.5. The Morgan fingerprint density at radius 2 is 1.11 bits per heavy atom. The number of H-pyrrole nitrogens is 1. The summed E-state index contributed by atoms with van der Waals surface area (Å²) in [4.78, 5) is 85.4. The summed E-state index contributed by atoms with van der Waals surface area (Å²) in [5.41, 5.74) is 2.70. The Balaban J connectivity index is 0.000000211. The number of esters is 2. The van der Waals surface area contributed by atoms with E-state index in [0.29, 0.717) is 82.9 Å². The lowest BCUT2D eigenvalue weighted by Gasteiger charge is -2.34. The van der Waals surface area contributed by atoms with Crippen LogP contribution in [-0.4, -0.2) is 116 Å². The number of fused-ring (bicyclic) bond motifs is 3. The van der Waals surface area contributed by atoms with Gasteiger partial charge in [-0.2, -0.15) is 0 Å². The molecule has 0 bridgehead atoms. The predicted molar refractivity (Wildman–Crippen MR) is 328 cm³/mol. The van der Waals surface area contributed by atoms with Crippen LogP contribution in [-0.2, 0) is 38.3 Å². The average Bonchev–Trinajstić information content (AvgIpc) is 1.79. The molecule has 2 aliphatic rings. The van der Waals surface area contributed by atoms with Crippen molar-refractivity contribution in [3.05, 3.63) is 173 Å². The smallest absolute Gasteiger partial charge is 0.407 e. The van der Waals surface area contributed by atoms with Gasteiger partial charge in [-0.3, -0.25) is 14.2 Å². The first-order valence-corrected chi connectivity index (χ1v) is 29.4. The van der Waals surface area contributed by atoms with Crippen molar-refractivity contribution in [2.24, 2.45) is 0 Å². The number of ether oxygens (including phenoxy) is 4. The molecular formula is C63H72Cl2N10O10. The number of nitrogens with one attached hydrogen (secondary N) is 3. The number of anilines is 2. The number of carbonyl (C=O) groups excluding carboxylic acids is 4.